The summed E-state index contributed by atoms with van der Waals surface area (Å²) in [5.41, 5.74) is 0. The van der Waals surface area contributed by atoms with Crippen LogP contribution in [0.3, 0.4) is 0 Å². The Kier molecular flexibility index (Phi) is 2.77. The smallest absolute Gasteiger partial charge is 0.127 e. The quantitative estimate of drug-likeness (QED) is 0.628. The Morgan fingerprint density at radius 3 is 2.79 bits per heavy atom. The van der Waals surface area contributed by atoms with E-state index in [2.05, 4.69) is 13.2 Å². The number of hydrogen-bond acceptors (Lipinski definition) is 3. The zero-order valence-electron chi connectivity index (χ0n) is 8.22. The summed E-state index contributed by atoms with van der Waals surface area (Å²) in [4.78, 5) is 0. The first-order chi connectivity index (χ1) is 6.85. The fourth-order valence-electron chi connectivity index (χ4n) is 2.41. The first-order valence-electron chi connectivity index (χ1n) is 4.99. The lowest BCUT2D eigenvalue weighted by Crippen LogP contribution is -2.33. The molecule has 0 aromatic rings. The minimum atomic E-state index is 0.171. The third-order valence-electron chi connectivity index (χ3n) is 2.94. The summed E-state index contributed by atoms with van der Waals surface area (Å²) in [6, 6.07) is 0. The fraction of sp³-hybridized carbons (Fsp3) is 0.636. The summed E-state index contributed by atoms with van der Waals surface area (Å²) in [5, 5.41) is 0. The first-order valence-corrected chi connectivity index (χ1v) is 4.99. The zero-order valence-corrected chi connectivity index (χ0v) is 8.22. The second kappa shape index (κ2) is 4.05. The predicted octanol–water partition coefficient (Wildman–Crippen LogP) is 1.85. The fourth-order valence-corrected chi connectivity index (χ4v) is 2.41. The van der Waals surface area contributed by atoms with E-state index in [-0.39, 0.29) is 12.2 Å². The summed E-state index contributed by atoms with van der Waals surface area (Å²) in [7, 11) is 0. The third kappa shape index (κ3) is 1.64. The van der Waals surface area contributed by atoms with Crippen molar-refractivity contribution in [3.63, 3.8) is 0 Å². The highest BCUT2D eigenvalue weighted by atomic mass is 16.6. The van der Waals surface area contributed by atoms with Crippen molar-refractivity contribution in [2.75, 3.05) is 6.61 Å². The molecule has 3 heteroatoms. The van der Waals surface area contributed by atoms with Crippen LogP contribution in [-0.2, 0) is 14.2 Å². The maximum Gasteiger partial charge on any atom is 0.127 e. The van der Waals surface area contributed by atoms with Crippen molar-refractivity contribution < 1.29 is 14.2 Å². The lowest BCUT2D eigenvalue weighted by Gasteiger charge is -2.25. The Labute approximate surface area is 84.3 Å². The molecule has 2 saturated heterocycles. The molecule has 2 fully saturated rings. The molecule has 0 N–H and O–H groups in total. The van der Waals surface area contributed by atoms with Gasteiger partial charge in [0.15, 0.2) is 0 Å². The minimum Gasteiger partial charge on any atom is -0.501 e. The van der Waals surface area contributed by atoms with Gasteiger partial charge in [0.05, 0.1) is 25.2 Å². The maximum absolute atomic E-state index is 5.76. The Bertz CT molecular complexity index is 225. The Morgan fingerprint density at radius 2 is 2.14 bits per heavy atom. The summed E-state index contributed by atoms with van der Waals surface area (Å²) in [6.07, 6.45) is 5.75. The number of fused-ring (bicyclic) bond motifs is 2. The van der Waals surface area contributed by atoms with E-state index in [1.807, 2.05) is 0 Å². The van der Waals surface area contributed by atoms with Crippen molar-refractivity contribution in [2.45, 2.75) is 31.2 Å². The van der Waals surface area contributed by atoms with Crippen LogP contribution in [0.4, 0.5) is 0 Å². The molecule has 2 heterocycles. The molecule has 2 unspecified atom stereocenters. The van der Waals surface area contributed by atoms with Crippen LogP contribution in [0, 0.1) is 5.92 Å². The van der Waals surface area contributed by atoms with Crippen molar-refractivity contribution in [1.29, 1.82) is 0 Å². The van der Waals surface area contributed by atoms with Gasteiger partial charge in [0.25, 0.3) is 0 Å². The van der Waals surface area contributed by atoms with Crippen molar-refractivity contribution in [1.82, 2.24) is 0 Å². The summed E-state index contributed by atoms with van der Waals surface area (Å²) < 4.78 is 16.4. The van der Waals surface area contributed by atoms with Crippen LogP contribution in [0.2, 0.25) is 0 Å². The SMILES string of the molecule is C=COCC1C[C@@H]2CC(OC=C)[C@H]1O2. The Balaban J connectivity index is 1.90. The highest BCUT2D eigenvalue weighted by Gasteiger charge is 2.48. The van der Waals surface area contributed by atoms with Gasteiger partial charge in [-0.1, -0.05) is 13.2 Å². The largest absolute Gasteiger partial charge is 0.501 e. The summed E-state index contributed by atoms with van der Waals surface area (Å²) in [5.74, 6) is 0.441. The van der Waals surface area contributed by atoms with Gasteiger partial charge in [-0.15, -0.1) is 0 Å². The van der Waals surface area contributed by atoms with E-state index in [0.29, 0.717) is 18.6 Å². The van der Waals surface area contributed by atoms with Gasteiger partial charge in [-0.2, -0.15) is 0 Å². The van der Waals surface area contributed by atoms with E-state index >= 15 is 0 Å². The van der Waals surface area contributed by atoms with E-state index in [4.69, 9.17) is 14.2 Å². The molecule has 0 aromatic heterocycles. The number of rotatable bonds is 5. The highest BCUT2D eigenvalue weighted by molar-refractivity contribution is 4.97. The average Bonchev–Trinajstić information content (AvgIpc) is 2.74. The molecule has 78 valence electrons. The Morgan fingerprint density at radius 1 is 1.29 bits per heavy atom. The molecule has 2 bridgehead atoms. The average molecular weight is 196 g/mol. The van der Waals surface area contributed by atoms with Crippen molar-refractivity contribution >= 4 is 0 Å². The maximum atomic E-state index is 5.76. The first kappa shape index (κ1) is 9.59. The third-order valence-corrected chi connectivity index (χ3v) is 2.94. The van der Waals surface area contributed by atoms with Gasteiger partial charge in [-0.05, 0) is 6.42 Å². The molecule has 0 saturated carbocycles. The van der Waals surface area contributed by atoms with E-state index < -0.39 is 0 Å². The highest BCUT2D eigenvalue weighted by Crippen LogP contribution is 2.40. The van der Waals surface area contributed by atoms with Gasteiger partial charge in [-0.3, -0.25) is 0 Å². The van der Waals surface area contributed by atoms with Crippen molar-refractivity contribution in [3.8, 4) is 0 Å². The van der Waals surface area contributed by atoms with Crippen LogP contribution in [0.1, 0.15) is 12.8 Å². The van der Waals surface area contributed by atoms with Gasteiger partial charge in [-0.25, -0.2) is 0 Å². The molecular weight excluding hydrogens is 180 g/mol. The summed E-state index contributed by atoms with van der Waals surface area (Å²) >= 11 is 0. The molecule has 2 aliphatic heterocycles. The van der Waals surface area contributed by atoms with E-state index in [1.165, 1.54) is 12.5 Å². The van der Waals surface area contributed by atoms with Crippen LogP contribution in [0.15, 0.2) is 25.7 Å². The second-order valence-electron chi connectivity index (χ2n) is 3.80. The van der Waals surface area contributed by atoms with Gasteiger partial charge in [0.2, 0.25) is 0 Å². The van der Waals surface area contributed by atoms with Crippen molar-refractivity contribution in [2.24, 2.45) is 5.92 Å². The molecule has 2 rings (SSSR count). The molecule has 3 nitrogen and oxygen atoms in total. The van der Waals surface area contributed by atoms with Crippen LogP contribution < -0.4 is 0 Å². The van der Waals surface area contributed by atoms with Gasteiger partial charge < -0.3 is 14.2 Å². The molecule has 0 aromatic carbocycles. The lowest BCUT2D eigenvalue weighted by molar-refractivity contribution is 0.00949. The molecule has 0 amide bonds. The van der Waals surface area contributed by atoms with Crippen LogP contribution >= 0.6 is 0 Å². The van der Waals surface area contributed by atoms with Crippen molar-refractivity contribution in [3.05, 3.63) is 25.7 Å². The predicted molar refractivity (Wildman–Crippen MR) is 52.6 cm³/mol. The van der Waals surface area contributed by atoms with E-state index in [1.54, 1.807) is 0 Å². The van der Waals surface area contributed by atoms with E-state index in [0.717, 1.165) is 12.8 Å². The van der Waals surface area contributed by atoms with Crippen LogP contribution in [0.25, 0.3) is 0 Å². The van der Waals surface area contributed by atoms with Crippen LogP contribution in [0.5, 0.6) is 0 Å². The van der Waals surface area contributed by atoms with Crippen LogP contribution in [-0.4, -0.2) is 24.9 Å². The standard InChI is InChI=1S/C11H16O3/c1-3-12-7-8-5-9-6-10(13-4-2)11(8)14-9/h3-4,8-11H,1-2,5-7H2/t8?,9-,10?,11+/m1/s1. The molecule has 2 aliphatic rings. The normalized spacial score (nSPS) is 39.4. The monoisotopic (exact) mass is 196 g/mol. The molecule has 0 spiro atoms. The summed E-state index contributed by atoms with van der Waals surface area (Å²) in [6.45, 7) is 7.78. The molecular formula is C11H16O3. The minimum absolute atomic E-state index is 0.171. The molecule has 0 aliphatic carbocycles. The molecule has 0 radical (unpaired) electrons. The topological polar surface area (TPSA) is 27.7 Å². The zero-order chi connectivity index (χ0) is 9.97. The Hall–Kier alpha value is -0.960. The van der Waals surface area contributed by atoms with Gasteiger partial charge in [0.1, 0.15) is 12.2 Å². The van der Waals surface area contributed by atoms with E-state index in [9.17, 15) is 0 Å². The second-order valence-corrected chi connectivity index (χ2v) is 3.80. The molecule has 4 atom stereocenters. The number of hydrogen-bond donors (Lipinski definition) is 0. The number of ether oxygens (including phenoxy) is 3. The van der Waals surface area contributed by atoms with Gasteiger partial charge >= 0.3 is 0 Å². The van der Waals surface area contributed by atoms with Gasteiger partial charge in [0, 0.05) is 12.3 Å². The molecule has 14 heavy (non-hydrogen) atoms. The lowest BCUT2D eigenvalue weighted by atomic mass is 9.88.